The van der Waals surface area contributed by atoms with Crippen LogP contribution in [0.4, 0.5) is 21.6 Å². The Morgan fingerprint density at radius 3 is 2.73 bits per heavy atom. The number of hydrogen-bond donors (Lipinski definition) is 1. The first-order chi connectivity index (χ1) is 10.5. The van der Waals surface area contributed by atoms with Crippen molar-refractivity contribution in [3.8, 4) is 0 Å². The van der Waals surface area contributed by atoms with Gasteiger partial charge in [-0.1, -0.05) is 11.6 Å². The molecule has 0 atom stereocenters. The van der Waals surface area contributed by atoms with Crippen molar-refractivity contribution in [2.24, 2.45) is 0 Å². The van der Waals surface area contributed by atoms with E-state index in [1.54, 1.807) is 6.07 Å². The Bertz CT molecular complexity index is 888. The first-order valence-corrected chi connectivity index (χ1v) is 6.53. The zero-order valence-electron chi connectivity index (χ0n) is 11.0. The molecule has 0 unspecified atom stereocenters. The van der Waals surface area contributed by atoms with E-state index >= 15 is 0 Å². The average molecular weight is 319 g/mol. The lowest BCUT2D eigenvalue weighted by atomic mass is 10.2. The summed E-state index contributed by atoms with van der Waals surface area (Å²) in [6.07, 6.45) is 1.29. The number of fused-ring (bicyclic) bond motifs is 1. The summed E-state index contributed by atoms with van der Waals surface area (Å²) in [5, 5.41) is 14.4. The molecule has 3 rings (SSSR count). The van der Waals surface area contributed by atoms with Crippen molar-refractivity contribution in [1.82, 2.24) is 9.97 Å². The van der Waals surface area contributed by atoms with Crippen LogP contribution in [0.3, 0.4) is 0 Å². The Morgan fingerprint density at radius 1 is 1.18 bits per heavy atom. The standard InChI is InChI=1S/C14H8ClFN4O2/c15-11-5-8(1-4-12(11)16)19-14-10-3-2-9(20(21)22)6-13(10)17-7-18-14/h1-7H,(H,17,18,19). The van der Waals surface area contributed by atoms with E-state index in [0.717, 1.165) is 0 Å². The molecule has 1 heterocycles. The molecule has 0 fully saturated rings. The number of nitro benzene ring substituents is 1. The van der Waals surface area contributed by atoms with Gasteiger partial charge in [-0.3, -0.25) is 10.1 Å². The van der Waals surface area contributed by atoms with Gasteiger partial charge in [-0.15, -0.1) is 0 Å². The van der Waals surface area contributed by atoms with E-state index < -0.39 is 10.7 Å². The second-order valence-electron chi connectivity index (χ2n) is 4.43. The first-order valence-electron chi connectivity index (χ1n) is 6.16. The summed E-state index contributed by atoms with van der Waals surface area (Å²) in [6.45, 7) is 0. The molecule has 0 bridgehead atoms. The number of aromatic nitrogens is 2. The predicted molar refractivity (Wildman–Crippen MR) is 80.9 cm³/mol. The molecular weight excluding hydrogens is 311 g/mol. The Balaban J connectivity index is 2.03. The lowest BCUT2D eigenvalue weighted by molar-refractivity contribution is -0.384. The van der Waals surface area contributed by atoms with E-state index in [0.29, 0.717) is 22.4 Å². The molecule has 0 radical (unpaired) electrons. The van der Waals surface area contributed by atoms with Gasteiger partial charge in [-0.25, -0.2) is 14.4 Å². The van der Waals surface area contributed by atoms with Gasteiger partial charge in [0.15, 0.2) is 0 Å². The van der Waals surface area contributed by atoms with Crippen molar-refractivity contribution in [2.75, 3.05) is 5.32 Å². The van der Waals surface area contributed by atoms with Gasteiger partial charge in [-0.05, 0) is 24.3 Å². The van der Waals surface area contributed by atoms with E-state index in [-0.39, 0.29) is 10.7 Å². The van der Waals surface area contributed by atoms with E-state index in [9.17, 15) is 14.5 Å². The highest BCUT2D eigenvalue weighted by molar-refractivity contribution is 6.31. The normalized spacial score (nSPS) is 10.6. The maximum atomic E-state index is 13.2. The number of nitro groups is 1. The molecule has 0 aliphatic heterocycles. The number of benzene rings is 2. The van der Waals surface area contributed by atoms with Crippen molar-refractivity contribution in [2.45, 2.75) is 0 Å². The number of anilines is 2. The Morgan fingerprint density at radius 2 is 2.00 bits per heavy atom. The fraction of sp³-hybridized carbons (Fsp3) is 0. The highest BCUT2D eigenvalue weighted by Crippen LogP contribution is 2.27. The molecule has 0 aliphatic rings. The second-order valence-corrected chi connectivity index (χ2v) is 4.84. The SMILES string of the molecule is O=[N+]([O-])c1ccc2c(Nc3ccc(F)c(Cl)c3)ncnc2c1. The summed E-state index contributed by atoms with van der Waals surface area (Å²) >= 11 is 5.73. The minimum atomic E-state index is -0.518. The van der Waals surface area contributed by atoms with Crippen molar-refractivity contribution >= 4 is 39.7 Å². The molecule has 6 nitrogen and oxygen atoms in total. The monoisotopic (exact) mass is 318 g/mol. The summed E-state index contributed by atoms with van der Waals surface area (Å²) in [4.78, 5) is 18.4. The van der Waals surface area contributed by atoms with Crippen LogP contribution in [0, 0.1) is 15.9 Å². The zero-order valence-corrected chi connectivity index (χ0v) is 11.7. The summed E-state index contributed by atoms with van der Waals surface area (Å²) in [6, 6.07) is 8.46. The molecule has 3 aromatic rings. The molecule has 0 saturated heterocycles. The van der Waals surface area contributed by atoms with Gasteiger partial charge in [-0.2, -0.15) is 0 Å². The predicted octanol–water partition coefficient (Wildman–Crippen LogP) is 4.07. The van der Waals surface area contributed by atoms with Gasteiger partial charge in [0, 0.05) is 23.2 Å². The average Bonchev–Trinajstić information content (AvgIpc) is 2.50. The van der Waals surface area contributed by atoms with Crippen LogP contribution < -0.4 is 5.32 Å². The van der Waals surface area contributed by atoms with Crippen LogP contribution in [0.15, 0.2) is 42.7 Å². The van der Waals surface area contributed by atoms with Crippen molar-refractivity contribution in [1.29, 1.82) is 0 Å². The summed E-state index contributed by atoms with van der Waals surface area (Å²) < 4.78 is 13.2. The maximum absolute atomic E-state index is 13.2. The fourth-order valence-corrected chi connectivity index (χ4v) is 2.15. The zero-order chi connectivity index (χ0) is 15.7. The fourth-order valence-electron chi connectivity index (χ4n) is 1.97. The molecule has 0 spiro atoms. The minimum Gasteiger partial charge on any atom is -0.340 e. The lowest BCUT2D eigenvalue weighted by Crippen LogP contribution is -1.97. The molecule has 2 aromatic carbocycles. The van der Waals surface area contributed by atoms with Crippen LogP contribution >= 0.6 is 11.6 Å². The van der Waals surface area contributed by atoms with Crippen LogP contribution in [0.5, 0.6) is 0 Å². The van der Waals surface area contributed by atoms with Gasteiger partial charge in [0.05, 0.1) is 15.5 Å². The third-order valence-corrected chi connectivity index (χ3v) is 3.30. The van der Waals surface area contributed by atoms with E-state index in [2.05, 4.69) is 15.3 Å². The molecule has 110 valence electrons. The summed E-state index contributed by atoms with van der Waals surface area (Å²) in [7, 11) is 0. The smallest absolute Gasteiger partial charge is 0.271 e. The van der Waals surface area contributed by atoms with Crippen molar-refractivity contribution in [3.05, 3.63) is 63.7 Å². The van der Waals surface area contributed by atoms with Crippen LogP contribution in [-0.2, 0) is 0 Å². The Labute approximate surface area is 128 Å². The number of hydrogen-bond acceptors (Lipinski definition) is 5. The maximum Gasteiger partial charge on any atom is 0.271 e. The van der Waals surface area contributed by atoms with Gasteiger partial charge < -0.3 is 5.32 Å². The molecule has 1 aromatic heterocycles. The van der Waals surface area contributed by atoms with Crippen molar-refractivity contribution < 1.29 is 9.31 Å². The highest BCUT2D eigenvalue weighted by atomic mass is 35.5. The van der Waals surface area contributed by atoms with Crippen LogP contribution in [0.2, 0.25) is 5.02 Å². The highest BCUT2D eigenvalue weighted by Gasteiger charge is 2.10. The number of nitrogens with one attached hydrogen (secondary N) is 1. The van der Waals surface area contributed by atoms with Gasteiger partial charge in [0.2, 0.25) is 0 Å². The number of halogens is 2. The first kappa shape index (κ1) is 14.2. The van der Waals surface area contributed by atoms with Gasteiger partial charge >= 0.3 is 0 Å². The van der Waals surface area contributed by atoms with E-state index in [4.69, 9.17) is 11.6 Å². The molecule has 22 heavy (non-hydrogen) atoms. The Kier molecular flexibility index (Phi) is 3.56. The molecule has 8 heteroatoms. The molecule has 0 aliphatic carbocycles. The summed E-state index contributed by atoms with van der Waals surface area (Å²) in [5.74, 6) is -0.0713. The van der Waals surface area contributed by atoms with Crippen molar-refractivity contribution in [3.63, 3.8) is 0 Å². The Hall–Kier alpha value is -2.80. The van der Waals surface area contributed by atoms with Crippen LogP contribution in [0.1, 0.15) is 0 Å². The molecule has 0 saturated carbocycles. The van der Waals surface area contributed by atoms with Gasteiger partial charge in [0.1, 0.15) is 18.0 Å². The van der Waals surface area contributed by atoms with Crippen LogP contribution in [-0.4, -0.2) is 14.9 Å². The number of rotatable bonds is 3. The van der Waals surface area contributed by atoms with E-state index in [1.807, 2.05) is 0 Å². The minimum absolute atomic E-state index is 0.0148. The third kappa shape index (κ3) is 2.66. The van der Waals surface area contributed by atoms with E-state index in [1.165, 1.54) is 36.7 Å². The molecule has 1 N–H and O–H groups in total. The quantitative estimate of drug-likeness (QED) is 0.581. The third-order valence-electron chi connectivity index (χ3n) is 3.01. The van der Waals surface area contributed by atoms with Gasteiger partial charge in [0.25, 0.3) is 5.69 Å². The topological polar surface area (TPSA) is 81.0 Å². The largest absolute Gasteiger partial charge is 0.340 e. The molecular formula is C14H8ClFN4O2. The molecule has 0 amide bonds. The lowest BCUT2D eigenvalue weighted by Gasteiger charge is -2.08. The van der Waals surface area contributed by atoms with Crippen LogP contribution in [0.25, 0.3) is 10.9 Å². The number of nitrogens with zero attached hydrogens (tertiary/aromatic N) is 3. The summed E-state index contributed by atoms with van der Waals surface area (Å²) in [5.41, 5.74) is 0.923. The number of non-ortho nitro benzene ring substituents is 1. The second kappa shape index (κ2) is 5.53.